The SMILES string of the molecule is CCCCOc1ccc(C2=CS/C(=C3/SC=C(c4ccc(OCCCC)cc4)S3)S2)cc1. The molecule has 0 radical (unpaired) electrons. The van der Waals surface area contributed by atoms with E-state index in [4.69, 9.17) is 9.47 Å². The summed E-state index contributed by atoms with van der Waals surface area (Å²) in [5.74, 6) is 1.91. The molecule has 4 rings (SSSR count). The zero-order valence-corrected chi connectivity index (χ0v) is 21.7. The minimum Gasteiger partial charge on any atom is -0.494 e. The summed E-state index contributed by atoms with van der Waals surface area (Å²) in [6, 6.07) is 17.0. The largest absolute Gasteiger partial charge is 0.494 e. The van der Waals surface area contributed by atoms with E-state index in [2.05, 4.69) is 73.2 Å². The predicted octanol–water partition coefficient (Wildman–Crippen LogP) is 9.43. The van der Waals surface area contributed by atoms with Gasteiger partial charge in [-0.3, -0.25) is 0 Å². The zero-order chi connectivity index (χ0) is 22.2. The number of hydrogen-bond acceptors (Lipinski definition) is 6. The minimum atomic E-state index is 0.789. The van der Waals surface area contributed by atoms with Crippen molar-refractivity contribution in [3.05, 3.63) is 78.9 Å². The summed E-state index contributed by atoms with van der Waals surface area (Å²) < 4.78 is 14.3. The van der Waals surface area contributed by atoms with Crippen molar-refractivity contribution in [1.29, 1.82) is 0 Å². The lowest BCUT2D eigenvalue weighted by molar-refractivity contribution is 0.309. The minimum absolute atomic E-state index is 0.789. The summed E-state index contributed by atoms with van der Waals surface area (Å²) >= 11 is 7.39. The summed E-state index contributed by atoms with van der Waals surface area (Å²) in [4.78, 5) is 2.61. The Kier molecular flexibility index (Phi) is 9.09. The second-order valence-electron chi connectivity index (χ2n) is 7.43. The molecule has 0 bridgehead atoms. The predicted molar refractivity (Wildman–Crippen MR) is 147 cm³/mol. The van der Waals surface area contributed by atoms with Gasteiger partial charge in [0.1, 0.15) is 11.5 Å². The van der Waals surface area contributed by atoms with Gasteiger partial charge in [0.25, 0.3) is 0 Å². The summed E-state index contributed by atoms with van der Waals surface area (Å²) in [5, 5.41) is 4.53. The lowest BCUT2D eigenvalue weighted by Crippen LogP contribution is -1.96. The van der Waals surface area contributed by atoms with Crippen molar-refractivity contribution in [3.63, 3.8) is 0 Å². The molecule has 2 nitrogen and oxygen atoms in total. The van der Waals surface area contributed by atoms with Crippen molar-refractivity contribution < 1.29 is 9.47 Å². The molecule has 6 heteroatoms. The lowest BCUT2D eigenvalue weighted by Gasteiger charge is -2.08. The highest BCUT2D eigenvalue weighted by molar-refractivity contribution is 8.36. The Hall–Kier alpha value is -1.34. The standard InChI is InChI=1S/C26H28O2S4/c1-3-5-15-27-21-11-7-19(8-12-21)23-17-29-25(31-23)26-30-18-24(32-26)20-9-13-22(14-10-20)28-16-6-4-2/h7-14,17-18H,3-6,15-16H2,1-2H3/b26-25+. The Bertz CT molecular complexity index is 910. The molecule has 0 saturated heterocycles. The summed E-state index contributed by atoms with van der Waals surface area (Å²) in [5.41, 5.74) is 2.50. The highest BCUT2D eigenvalue weighted by Crippen LogP contribution is 2.58. The smallest absolute Gasteiger partial charge is 0.119 e. The molecule has 0 aromatic heterocycles. The first-order chi connectivity index (χ1) is 15.8. The molecular formula is C26H28O2S4. The monoisotopic (exact) mass is 500 g/mol. The van der Waals surface area contributed by atoms with E-state index < -0.39 is 0 Å². The van der Waals surface area contributed by atoms with Crippen molar-refractivity contribution in [2.75, 3.05) is 13.2 Å². The Morgan fingerprint density at radius 3 is 1.38 bits per heavy atom. The van der Waals surface area contributed by atoms with Crippen LogP contribution in [-0.4, -0.2) is 13.2 Å². The third-order valence-electron chi connectivity index (χ3n) is 4.93. The Morgan fingerprint density at radius 2 is 1.00 bits per heavy atom. The molecule has 0 unspecified atom stereocenters. The number of hydrogen-bond donors (Lipinski definition) is 0. The maximum Gasteiger partial charge on any atom is 0.119 e. The van der Waals surface area contributed by atoms with Gasteiger partial charge in [-0.1, -0.05) is 98.0 Å². The first kappa shape index (κ1) is 23.8. The maximum atomic E-state index is 5.79. The number of unbranched alkanes of at least 4 members (excludes halogenated alkanes) is 2. The average Bonchev–Trinajstić information content (AvgIpc) is 3.51. The molecule has 0 saturated carbocycles. The van der Waals surface area contributed by atoms with Crippen LogP contribution in [0.2, 0.25) is 0 Å². The van der Waals surface area contributed by atoms with E-state index in [0.29, 0.717) is 0 Å². The van der Waals surface area contributed by atoms with Gasteiger partial charge in [0.15, 0.2) is 0 Å². The molecule has 0 atom stereocenters. The van der Waals surface area contributed by atoms with Crippen LogP contribution in [0.5, 0.6) is 11.5 Å². The maximum absolute atomic E-state index is 5.79. The molecule has 168 valence electrons. The van der Waals surface area contributed by atoms with Gasteiger partial charge >= 0.3 is 0 Å². The molecule has 2 heterocycles. The van der Waals surface area contributed by atoms with E-state index in [1.165, 1.54) is 29.4 Å². The Balaban J connectivity index is 1.32. The van der Waals surface area contributed by atoms with Gasteiger partial charge in [-0.15, -0.1) is 0 Å². The zero-order valence-electron chi connectivity index (χ0n) is 18.5. The molecular weight excluding hydrogens is 473 g/mol. The van der Waals surface area contributed by atoms with Crippen molar-refractivity contribution >= 4 is 56.9 Å². The number of benzene rings is 2. The van der Waals surface area contributed by atoms with Gasteiger partial charge < -0.3 is 9.47 Å². The van der Waals surface area contributed by atoms with Gasteiger partial charge in [0.2, 0.25) is 0 Å². The van der Waals surface area contributed by atoms with E-state index >= 15 is 0 Å². The lowest BCUT2D eigenvalue weighted by atomic mass is 10.2. The second kappa shape index (κ2) is 12.2. The Morgan fingerprint density at radius 1 is 0.594 bits per heavy atom. The summed E-state index contributed by atoms with van der Waals surface area (Å²) in [7, 11) is 0. The van der Waals surface area contributed by atoms with Crippen LogP contribution in [0.4, 0.5) is 0 Å². The van der Waals surface area contributed by atoms with E-state index in [1.54, 1.807) is 0 Å². The van der Waals surface area contributed by atoms with Gasteiger partial charge in [0.05, 0.1) is 21.7 Å². The molecule has 2 aromatic rings. The average molecular weight is 501 g/mol. The highest BCUT2D eigenvalue weighted by atomic mass is 32.2. The Labute approximate surface area is 208 Å². The van der Waals surface area contributed by atoms with Gasteiger partial charge in [-0.25, -0.2) is 0 Å². The fourth-order valence-corrected chi connectivity index (χ4v) is 7.97. The van der Waals surface area contributed by atoms with E-state index in [-0.39, 0.29) is 0 Å². The van der Waals surface area contributed by atoms with Crippen LogP contribution in [0.1, 0.15) is 50.7 Å². The number of rotatable bonds is 10. The second-order valence-corrected chi connectivity index (χ2v) is 11.8. The molecule has 32 heavy (non-hydrogen) atoms. The molecule has 0 aliphatic carbocycles. The van der Waals surface area contributed by atoms with Crippen molar-refractivity contribution in [2.45, 2.75) is 39.5 Å². The molecule has 0 spiro atoms. The third-order valence-corrected chi connectivity index (χ3v) is 10.3. The molecule has 2 aromatic carbocycles. The molecule has 0 amide bonds. The van der Waals surface area contributed by atoms with Crippen LogP contribution in [0.3, 0.4) is 0 Å². The molecule has 0 N–H and O–H groups in total. The van der Waals surface area contributed by atoms with E-state index in [1.807, 2.05) is 47.0 Å². The number of thioether (sulfide) groups is 4. The van der Waals surface area contributed by atoms with Crippen LogP contribution in [0, 0.1) is 0 Å². The van der Waals surface area contributed by atoms with Crippen molar-refractivity contribution in [3.8, 4) is 11.5 Å². The topological polar surface area (TPSA) is 18.5 Å². The fraction of sp³-hybridized carbons (Fsp3) is 0.308. The summed E-state index contributed by atoms with van der Waals surface area (Å²) in [6.07, 6.45) is 4.50. The van der Waals surface area contributed by atoms with Crippen LogP contribution >= 0.6 is 47.0 Å². The van der Waals surface area contributed by atoms with Gasteiger partial charge in [0, 0.05) is 9.81 Å². The fourth-order valence-electron chi connectivity index (χ4n) is 3.04. The van der Waals surface area contributed by atoms with Crippen LogP contribution in [0.15, 0.2) is 67.8 Å². The van der Waals surface area contributed by atoms with Gasteiger partial charge in [-0.2, -0.15) is 0 Å². The van der Waals surface area contributed by atoms with Crippen molar-refractivity contribution in [1.82, 2.24) is 0 Å². The summed E-state index contributed by atoms with van der Waals surface area (Å²) in [6.45, 7) is 5.94. The molecule has 0 fully saturated rings. The highest BCUT2D eigenvalue weighted by Gasteiger charge is 2.23. The van der Waals surface area contributed by atoms with Crippen LogP contribution in [-0.2, 0) is 0 Å². The first-order valence-corrected chi connectivity index (χ1v) is 14.5. The number of ether oxygens (including phenoxy) is 2. The first-order valence-electron chi connectivity index (χ1n) is 11.1. The van der Waals surface area contributed by atoms with Gasteiger partial charge in [-0.05, 0) is 59.1 Å². The normalized spacial score (nSPS) is 17.9. The molecule has 2 aliphatic heterocycles. The van der Waals surface area contributed by atoms with Crippen LogP contribution in [0.25, 0.3) is 9.81 Å². The van der Waals surface area contributed by atoms with Crippen molar-refractivity contribution in [2.24, 2.45) is 0 Å². The van der Waals surface area contributed by atoms with E-state index in [0.717, 1.165) is 50.4 Å². The van der Waals surface area contributed by atoms with E-state index in [9.17, 15) is 0 Å². The third kappa shape index (κ3) is 6.37. The quantitative estimate of drug-likeness (QED) is 0.300. The van der Waals surface area contributed by atoms with Crippen LogP contribution < -0.4 is 9.47 Å². The molecule has 2 aliphatic rings.